The quantitative estimate of drug-likeness (QED) is 0.128. The maximum absolute atomic E-state index is 12.4. The molecule has 0 amide bonds. The molecule has 1 rings (SSSR count). The van der Waals surface area contributed by atoms with Crippen molar-refractivity contribution in [1.82, 2.24) is 0 Å². The van der Waals surface area contributed by atoms with Crippen molar-refractivity contribution in [2.24, 2.45) is 0 Å². The largest absolute Gasteiger partial charge is 0.462 e. The summed E-state index contributed by atoms with van der Waals surface area (Å²) in [5.74, 6) is -0.833. The number of carbonyl (C=O) groups excluding carboxylic acids is 2. The van der Waals surface area contributed by atoms with Crippen LogP contribution in [-0.4, -0.2) is 89.0 Å². The second-order valence-electron chi connectivity index (χ2n) is 9.86. The topological polar surface area (TPSA) is 152 Å². The standard InChI is InChI=1S/C27H50O10/c1-3-5-7-9-10-11-12-14-16-23(30)36-20(18-34-22(29)15-13-8-6-4-2)19-35-27-26(33)25(32)24(31)21(17-28)37-27/h20-21,24-28,31-33H,3-19H2,1-2H3. The highest BCUT2D eigenvalue weighted by molar-refractivity contribution is 5.70. The Morgan fingerprint density at radius 1 is 0.730 bits per heavy atom. The van der Waals surface area contributed by atoms with Gasteiger partial charge in [0.1, 0.15) is 31.0 Å². The highest BCUT2D eigenvalue weighted by Gasteiger charge is 2.44. The summed E-state index contributed by atoms with van der Waals surface area (Å²) >= 11 is 0. The normalized spacial score (nSPS) is 24.5. The molecule has 6 unspecified atom stereocenters. The molecule has 0 radical (unpaired) electrons. The molecule has 0 aromatic heterocycles. The molecule has 10 heteroatoms. The molecular weight excluding hydrogens is 484 g/mol. The van der Waals surface area contributed by atoms with Crippen LogP contribution in [0.25, 0.3) is 0 Å². The summed E-state index contributed by atoms with van der Waals surface area (Å²) in [4.78, 5) is 24.5. The Balaban J connectivity index is 2.53. The van der Waals surface area contributed by atoms with E-state index in [1.165, 1.54) is 25.7 Å². The fourth-order valence-corrected chi connectivity index (χ4v) is 4.13. The van der Waals surface area contributed by atoms with E-state index in [4.69, 9.17) is 18.9 Å². The molecule has 1 saturated heterocycles. The van der Waals surface area contributed by atoms with Crippen LogP contribution in [-0.2, 0) is 28.5 Å². The number of esters is 2. The van der Waals surface area contributed by atoms with Crippen LogP contribution in [0.2, 0.25) is 0 Å². The average Bonchev–Trinajstić information content (AvgIpc) is 2.89. The third-order valence-corrected chi connectivity index (χ3v) is 6.49. The number of aliphatic hydroxyl groups is 4. The van der Waals surface area contributed by atoms with Crippen LogP contribution in [0.4, 0.5) is 0 Å². The second kappa shape index (κ2) is 20.6. The van der Waals surface area contributed by atoms with Gasteiger partial charge in [-0.25, -0.2) is 0 Å². The number of aliphatic hydroxyl groups excluding tert-OH is 4. The molecular formula is C27H50O10. The summed E-state index contributed by atoms with van der Waals surface area (Å²) in [6, 6.07) is 0. The summed E-state index contributed by atoms with van der Waals surface area (Å²) in [7, 11) is 0. The molecule has 6 atom stereocenters. The zero-order valence-corrected chi connectivity index (χ0v) is 22.7. The van der Waals surface area contributed by atoms with Crippen LogP contribution in [0.15, 0.2) is 0 Å². The van der Waals surface area contributed by atoms with Crippen molar-refractivity contribution in [1.29, 1.82) is 0 Å². The van der Waals surface area contributed by atoms with Crippen molar-refractivity contribution in [2.75, 3.05) is 19.8 Å². The first kappa shape index (κ1) is 33.7. The molecule has 10 nitrogen and oxygen atoms in total. The third-order valence-electron chi connectivity index (χ3n) is 6.49. The maximum Gasteiger partial charge on any atom is 0.306 e. The van der Waals surface area contributed by atoms with E-state index in [0.717, 1.165) is 44.9 Å². The predicted octanol–water partition coefficient (Wildman–Crippen LogP) is 2.76. The molecule has 1 fully saturated rings. The minimum atomic E-state index is -1.58. The Labute approximate surface area is 221 Å². The van der Waals surface area contributed by atoms with Crippen molar-refractivity contribution < 1.29 is 49.0 Å². The smallest absolute Gasteiger partial charge is 0.306 e. The summed E-state index contributed by atoms with van der Waals surface area (Å²) in [6.07, 6.45) is 4.92. The molecule has 1 heterocycles. The molecule has 0 spiro atoms. The van der Waals surface area contributed by atoms with Crippen LogP contribution in [0.5, 0.6) is 0 Å². The Bertz CT molecular complexity index is 600. The van der Waals surface area contributed by atoms with Gasteiger partial charge in [-0.15, -0.1) is 0 Å². The van der Waals surface area contributed by atoms with E-state index >= 15 is 0 Å². The van der Waals surface area contributed by atoms with E-state index in [2.05, 4.69) is 13.8 Å². The first-order valence-electron chi connectivity index (χ1n) is 14.1. The van der Waals surface area contributed by atoms with E-state index in [1.54, 1.807) is 0 Å². The second-order valence-corrected chi connectivity index (χ2v) is 9.86. The Kier molecular flexibility index (Phi) is 18.8. The lowest BCUT2D eigenvalue weighted by molar-refractivity contribution is -0.305. The molecule has 218 valence electrons. The number of ether oxygens (including phenoxy) is 4. The van der Waals surface area contributed by atoms with E-state index in [1.807, 2.05) is 0 Å². The van der Waals surface area contributed by atoms with Gasteiger partial charge >= 0.3 is 11.9 Å². The van der Waals surface area contributed by atoms with Gasteiger partial charge in [0.25, 0.3) is 0 Å². The minimum absolute atomic E-state index is 0.215. The molecule has 37 heavy (non-hydrogen) atoms. The summed E-state index contributed by atoms with van der Waals surface area (Å²) in [5, 5.41) is 39.4. The Hall–Kier alpha value is -1.30. The average molecular weight is 535 g/mol. The van der Waals surface area contributed by atoms with Crippen molar-refractivity contribution in [3.8, 4) is 0 Å². The van der Waals surface area contributed by atoms with Crippen molar-refractivity contribution in [3.05, 3.63) is 0 Å². The lowest BCUT2D eigenvalue weighted by Crippen LogP contribution is -2.59. The third kappa shape index (κ3) is 14.4. The van der Waals surface area contributed by atoms with Crippen LogP contribution < -0.4 is 0 Å². The van der Waals surface area contributed by atoms with Gasteiger partial charge in [-0.05, 0) is 12.8 Å². The number of rotatable bonds is 21. The molecule has 0 aromatic carbocycles. The van der Waals surface area contributed by atoms with Gasteiger partial charge in [-0.2, -0.15) is 0 Å². The zero-order chi connectivity index (χ0) is 27.5. The molecule has 4 N–H and O–H groups in total. The predicted molar refractivity (Wildman–Crippen MR) is 137 cm³/mol. The summed E-state index contributed by atoms with van der Waals surface area (Å²) in [5.41, 5.74) is 0. The van der Waals surface area contributed by atoms with Gasteiger partial charge in [-0.1, -0.05) is 78.1 Å². The van der Waals surface area contributed by atoms with Crippen LogP contribution >= 0.6 is 0 Å². The first-order valence-corrected chi connectivity index (χ1v) is 14.1. The van der Waals surface area contributed by atoms with Crippen molar-refractivity contribution in [3.63, 3.8) is 0 Å². The van der Waals surface area contributed by atoms with Gasteiger partial charge < -0.3 is 39.4 Å². The molecule has 1 aliphatic heterocycles. The lowest BCUT2D eigenvalue weighted by Gasteiger charge is -2.39. The van der Waals surface area contributed by atoms with E-state index < -0.39 is 55.4 Å². The van der Waals surface area contributed by atoms with Crippen LogP contribution in [0.3, 0.4) is 0 Å². The zero-order valence-electron chi connectivity index (χ0n) is 22.7. The number of hydrogen-bond donors (Lipinski definition) is 4. The lowest BCUT2D eigenvalue weighted by atomic mass is 9.99. The fraction of sp³-hybridized carbons (Fsp3) is 0.926. The number of carbonyl (C=O) groups is 2. The van der Waals surface area contributed by atoms with Crippen molar-refractivity contribution >= 4 is 11.9 Å². The van der Waals surface area contributed by atoms with Gasteiger partial charge in [0.15, 0.2) is 12.4 Å². The van der Waals surface area contributed by atoms with Crippen LogP contribution in [0.1, 0.15) is 104 Å². The van der Waals surface area contributed by atoms with E-state index in [0.29, 0.717) is 6.42 Å². The molecule has 0 aliphatic carbocycles. The fourth-order valence-electron chi connectivity index (χ4n) is 4.13. The molecule has 1 aliphatic rings. The Morgan fingerprint density at radius 3 is 1.86 bits per heavy atom. The van der Waals surface area contributed by atoms with Gasteiger partial charge in [-0.3, -0.25) is 9.59 Å². The van der Waals surface area contributed by atoms with E-state index in [9.17, 15) is 30.0 Å². The Morgan fingerprint density at radius 2 is 1.27 bits per heavy atom. The van der Waals surface area contributed by atoms with Gasteiger partial charge in [0.2, 0.25) is 0 Å². The number of unbranched alkanes of at least 4 members (excludes halogenated alkanes) is 10. The van der Waals surface area contributed by atoms with Gasteiger partial charge in [0.05, 0.1) is 13.2 Å². The van der Waals surface area contributed by atoms with Crippen LogP contribution in [0, 0.1) is 0 Å². The monoisotopic (exact) mass is 534 g/mol. The van der Waals surface area contributed by atoms with E-state index in [-0.39, 0.29) is 26.1 Å². The SMILES string of the molecule is CCCCCCCCCCC(=O)OC(COC(=O)CCCCCC)COC1OC(CO)C(O)C(O)C1O. The highest BCUT2D eigenvalue weighted by atomic mass is 16.7. The minimum Gasteiger partial charge on any atom is -0.462 e. The summed E-state index contributed by atoms with van der Waals surface area (Å²) in [6.45, 7) is 3.20. The summed E-state index contributed by atoms with van der Waals surface area (Å²) < 4.78 is 21.6. The van der Waals surface area contributed by atoms with Gasteiger partial charge in [0, 0.05) is 12.8 Å². The van der Waals surface area contributed by atoms with Crippen molar-refractivity contribution in [2.45, 2.75) is 141 Å². The maximum atomic E-state index is 12.4. The molecule has 0 bridgehead atoms. The number of hydrogen-bond acceptors (Lipinski definition) is 10. The molecule has 0 aromatic rings. The molecule has 0 saturated carbocycles. The highest BCUT2D eigenvalue weighted by Crippen LogP contribution is 2.22. The first-order chi connectivity index (χ1) is 17.8.